The van der Waals surface area contributed by atoms with Gasteiger partial charge in [-0.05, 0) is 24.3 Å². The molecule has 0 unspecified atom stereocenters. The van der Waals surface area contributed by atoms with Crippen LogP contribution in [0.4, 0.5) is 5.69 Å². The van der Waals surface area contributed by atoms with Gasteiger partial charge in [-0.3, -0.25) is 9.59 Å². The third-order valence-electron chi connectivity index (χ3n) is 2.78. The minimum atomic E-state index is -0.484. The molecule has 0 aliphatic carbocycles. The van der Waals surface area contributed by atoms with Crippen molar-refractivity contribution in [1.82, 2.24) is 0 Å². The van der Waals surface area contributed by atoms with Gasteiger partial charge in [0.25, 0.3) is 5.91 Å². The van der Waals surface area contributed by atoms with Crippen LogP contribution in [0.15, 0.2) is 28.7 Å². The molecule has 0 aromatic heterocycles. The number of anilines is 1. The van der Waals surface area contributed by atoms with Crippen LogP contribution in [-0.2, 0) is 9.59 Å². The molecule has 0 spiro atoms. The minimum Gasteiger partial charge on any atom is -0.321 e. The van der Waals surface area contributed by atoms with E-state index >= 15 is 0 Å². The van der Waals surface area contributed by atoms with Gasteiger partial charge in [-0.15, -0.1) is 0 Å². The summed E-state index contributed by atoms with van der Waals surface area (Å²) in [7, 11) is 0. The van der Waals surface area contributed by atoms with Crippen LogP contribution in [0.3, 0.4) is 0 Å². The van der Waals surface area contributed by atoms with Crippen LogP contribution < -0.4 is 5.32 Å². The fourth-order valence-corrected chi connectivity index (χ4v) is 2.01. The van der Waals surface area contributed by atoms with Crippen LogP contribution in [0.2, 0.25) is 0 Å². The maximum absolute atomic E-state index is 12.0. The first-order valence-corrected chi connectivity index (χ1v) is 6.46. The second-order valence-electron chi connectivity index (χ2n) is 5.32. The van der Waals surface area contributed by atoms with Gasteiger partial charge in [-0.2, -0.15) is 0 Å². The molecule has 0 fully saturated rings. The Bertz CT molecular complexity index is 568. The second kappa shape index (κ2) is 4.35. The average molecular weight is 308 g/mol. The molecule has 94 valence electrons. The van der Waals surface area contributed by atoms with Crippen LogP contribution in [0.25, 0.3) is 5.57 Å². The molecule has 1 aliphatic rings. The third kappa shape index (κ3) is 2.38. The van der Waals surface area contributed by atoms with Crippen molar-refractivity contribution < 1.29 is 9.59 Å². The lowest BCUT2D eigenvalue weighted by molar-refractivity contribution is -0.121. The van der Waals surface area contributed by atoms with Crippen molar-refractivity contribution in [3.63, 3.8) is 0 Å². The zero-order valence-electron chi connectivity index (χ0n) is 10.5. The summed E-state index contributed by atoms with van der Waals surface area (Å²) in [5.41, 5.74) is 1.47. The molecule has 18 heavy (non-hydrogen) atoms. The first kappa shape index (κ1) is 13.0. The number of amides is 1. The largest absolute Gasteiger partial charge is 0.321 e. The van der Waals surface area contributed by atoms with E-state index in [9.17, 15) is 9.59 Å². The van der Waals surface area contributed by atoms with Gasteiger partial charge in [0, 0.05) is 21.1 Å². The Kier molecular flexibility index (Phi) is 3.15. The summed E-state index contributed by atoms with van der Waals surface area (Å²) in [5, 5.41) is 2.75. The van der Waals surface area contributed by atoms with E-state index in [0.717, 1.165) is 15.7 Å². The van der Waals surface area contributed by atoms with Crippen LogP contribution in [-0.4, -0.2) is 11.7 Å². The first-order valence-electron chi connectivity index (χ1n) is 5.66. The molecule has 0 saturated carbocycles. The third-order valence-corrected chi connectivity index (χ3v) is 3.27. The Morgan fingerprint density at radius 3 is 2.61 bits per heavy atom. The Morgan fingerprint density at radius 2 is 2.00 bits per heavy atom. The van der Waals surface area contributed by atoms with Crippen molar-refractivity contribution in [3.8, 4) is 0 Å². The fraction of sp³-hybridized carbons (Fsp3) is 0.286. The SMILES string of the molecule is CC(C)(C)C(=O)C=C1C(=O)Nc2ccc(Br)cc21. The predicted octanol–water partition coefficient (Wildman–Crippen LogP) is 3.40. The zero-order valence-corrected chi connectivity index (χ0v) is 12.1. The molecule has 0 saturated heterocycles. The van der Waals surface area contributed by atoms with E-state index in [0.29, 0.717) is 5.57 Å². The quantitative estimate of drug-likeness (QED) is 0.808. The summed E-state index contributed by atoms with van der Waals surface area (Å²) in [6.45, 7) is 5.50. The fourth-order valence-electron chi connectivity index (χ4n) is 1.65. The van der Waals surface area contributed by atoms with Gasteiger partial charge in [0.05, 0.1) is 5.57 Å². The van der Waals surface area contributed by atoms with E-state index < -0.39 is 5.41 Å². The highest BCUT2D eigenvalue weighted by atomic mass is 79.9. The number of rotatable bonds is 1. The summed E-state index contributed by atoms with van der Waals surface area (Å²) in [5.74, 6) is -0.277. The Hall–Kier alpha value is -1.42. The number of carbonyl (C=O) groups excluding carboxylic acids is 2. The highest BCUT2D eigenvalue weighted by Crippen LogP contribution is 2.34. The van der Waals surface area contributed by atoms with Crippen molar-refractivity contribution in [2.24, 2.45) is 5.41 Å². The monoisotopic (exact) mass is 307 g/mol. The Morgan fingerprint density at radius 1 is 1.33 bits per heavy atom. The number of halogens is 1. The van der Waals surface area contributed by atoms with E-state index in [1.807, 2.05) is 39.0 Å². The number of allylic oxidation sites excluding steroid dienone is 1. The van der Waals surface area contributed by atoms with E-state index in [-0.39, 0.29) is 11.7 Å². The summed E-state index contributed by atoms with van der Waals surface area (Å²) < 4.78 is 0.881. The Balaban J connectivity index is 2.48. The molecular weight excluding hydrogens is 294 g/mol. The van der Waals surface area contributed by atoms with Crippen LogP contribution in [0, 0.1) is 5.41 Å². The molecule has 1 heterocycles. The van der Waals surface area contributed by atoms with Crippen LogP contribution in [0.1, 0.15) is 26.3 Å². The van der Waals surface area contributed by atoms with Crippen molar-refractivity contribution in [1.29, 1.82) is 0 Å². The molecule has 1 aromatic carbocycles. The number of hydrogen-bond acceptors (Lipinski definition) is 2. The number of hydrogen-bond donors (Lipinski definition) is 1. The summed E-state index contributed by atoms with van der Waals surface area (Å²) >= 11 is 3.37. The molecule has 4 heteroatoms. The number of carbonyl (C=O) groups is 2. The molecule has 0 atom stereocenters. The van der Waals surface area contributed by atoms with Gasteiger partial charge in [0.1, 0.15) is 0 Å². The van der Waals surface area contributed by atoms with Crippen molar-refractivity contribution >= 4 is 38.9 Å². The first-order chi connectivity index (χ1) is 8.29. The van der Waals surface area contributed by atoms with Crippen LogP contribution in [0.5, 0.6) is 0 Å². The minimum absolute atomic E-state index is 0.0551. The lowest BCUT2D eigenvalue weighted by Crippen LogP contribution is -2.18. The lowest BCUT2D eigenvalue weighted by atomic mass is 9.89. The van der Waals surface area contributed by atoms with E-state index in [2.05, 4.69) is 21.2 Å². The van der Waals surface area contributed by atoms with E-state index in [4.69, 9.17) is 0 Å². The number of ketones is 1. The molecule has 1 aliphatic heterocycles. The van der Waals surface area contributed by atoms with Gasteiger partial charge in [-0.1, -0.05) is 36.7 Å². The molecule has 2 rings (SSSR count). The molecule has 0 bridgehead atoms. The predicted molar refractivity (Wildman–Crippen MR) is 75.2 cm³/mol. The summed E-state index contributed by atoms with van der Waals surface area (Å²) in [6.07, 6.45) is 1.44. The van der Waals surface area contributed by atoms with Gasteiger partial charge in [0.15, 0.2) is 5.78 Å². The maximum atomic E-state index is 12.0. The number of benzene rings is 1. The second-order valence-corrected chi connectivity index (χ2v) is 6.23. The van der Waals surface area contributed by atoms with Gasteiger partial charge >= 0.3 is 0 Å². The molecule has 1 aromatic rings. The topological polar surface area (TPSA) is 46.2 Å². The molecule has 0 radical (unpaired) electrons. The molecule has 1 amide bonds. The van der Waals surface area contributed by atoms with Crippen molar-refractivity contribution in [3.05, 3.63) is 34.3 Å². The van der Waals surface area contributed by atoms with Gasteiger partial charge in [0.2, 0.25) is 0 Å². The standard InChI is InChI=1S/C14H14BrNO2/c1-14(2,3)12(17)7-10-9-6-8(15)4-5-11(9)16-13(10)18/h4-7H,1-3H3,(H,16,18). The van der Waals surface area contributed by atoms with E-state index in [1.54, 1.807) is 0 Å². The summed E-state index contributed by atoms with van der Waals surface area (Å²) in [4.78, 5) is 23.9. The van der Waals surface area contributed by atoms with Gasteiger partial charge in [-0.25, -0.2) is 0 Å². The molecular formula is C14H14BrNO2. The Labute approximate surface area is 114 Å². The van der Waals surface area contributed by atoms with Crippen molar-refractivity contribution in [2.75, 3.05) is 5.32 Å². The average Bonchev–Trinajstić information content (AvgIpc) is 2.54. The normalized spacial score (nSPS) is 16.7. The highest BCUT2D eigenvalue weighted by molar-refractivity contribution is 9.10. The van der Waals surface area contributed by atoms with E-state index in [1.165, 1.54) is 6.08 Å². The van der Waals surface area contributed by atoms with Crippen LogP contribution >= 0.6 is 15.9 Å². The summed E-state index contributed by atoms with van der Waals surface area (Å²) in [6, 6.07) is 5.52. The molecule has 1 N–H and O–H groups in total. The van der Waals surface area contributed by atoms with Crippen molar-refractivity contribution in [2.45, 2.75) is 20.8 Å². The number of nitrogens with one attached hydrogen (secondary N) is 1. The smallest absolute Gasteiger partial charge is 0.256 e. The highest BCUT2D eigenvalue weighted by Gasteiger charge is 2.27. The molecule has 3 nitrogen and oxygen atoms in total. The number of fused-ring (bicyclic) bond motifs is 1. The zero-order chi connectivity index (χ0) is 13.5. The maximum Gasteiger partial charge on any atom is 0.256 e. The van der Waals surface area contributed by atoms with Gasteiger partial charge < -0.3 is 5.32 Å². The lowest BCUT2D eigenvalue weighted by Gasteiger charge is -2.13.